The maximum absolute atomic E-state index is 12.4. The number of benzene rings is 1. The molecule has 2 heterocycles. The average molecular weight is 277 g/mol. The van der Waals surface area contributed by atoms with Crippen molar-refractivity contribution in [2.45, 2.75) is 12.3 Å². The summed E-state index contributed by atoms with van der Waals surface area (Å²) in [6.07, 6.45) is 0. The number of nitrogens with zero attached hydrogens (tertiary/aromatic N) is 1. The Morgan fingerprint density at radius 3 is 3.05 bits per heavy atom. The molecular weight excluding hydrogens is 262 g/mol. The second-order valence-electron chi connectivity index (χ2n) is 4.46. The fourth-order valence-corrected chi connectivity index (χ4v) is 3.33. The number of amides is 1. The molecule has 1 aliphatic heterocycles. The Morgan fingerprint density at radius 1 is 1.53 bits per heavy atom. The molecule has 1 aliphatic rings. The van der Waals surface area contributed by atoms with Crippen LogP contribution in [0.15, 0.2) is 28.7 Å². The van der Waals surface area contributed by atoms with Crippen molar-refractivity contribution in [3.8, 4) is 5.75 Å². The van der Waals surface area contributed by atoms with E-state index in [1.807, 2.05) is 30.0 Å². The molecule has 0 N–H and O–H groups in total. The van der Waals surface area contributed by atoms with Gasteiger partial charge in [0.1, 0.15) is 0 Å². The van der Waals surface area contributed by atoms with Crippen molar-refractivity contribution >= 4 is 28.6 Å². The SMILES string of the molecule is COc1cccc2cc(C(=O)N3CCSC3C)oc12. The Morgan fingerprint density at radius 2 is 2.37 bits per heavy atom. The van der Waals surface area contributed by atoms with Crippen molar-refractivity contribution < 1.29 is 13.9 Å². The van der Waals surface area contributed by atoms with Gasteiger partial charge in [0.15, 0.2) is 17.1 Å². The molecule has 0 bridgehead atoms. The smallest absolute Gasteiger partial charge is 0.290 e. The molecule has 0 spiro atoms. The number of carbonyl (C=O) groups excluding carboxylic acids is 1. The van der Waals surface area contributed by atoms with Gasteiger partial charge in [0.05, 0.1) is 12.5 Å². The summed E-state index contributed by atoms with van der Waals surface area (Å²) in [6.45, 7) is 2.82. The van der Waals surface area contributed by atoms with Gasteiger partial charge in [-0.15, -0.1) is 11.8 Å². The van der Waals surface area contributed by atoms with Gasteiger partial charge in [0, 0.05) is 17.7 Å². The highest BCUT2D eigenvalue weighted by molar-refractivity contribution is 8.00. The lowest BCUT2D eigenvalue weighted by atomic mass is 10.2. The molecule has 0 radical (unpaired) electrons. The van der Waals surface area contributed by atoms with E-state index in [-0.39, 0.29) is 11.3 Å². The highest BCUT2D eigenvalue weighted by atomic mass is 32.2. The number of hydrogen-bond acceptors (Lipinski definition) is 4. The third kappa shape index (κ3) is 2.08. The van der Waals surface area contributed by atoms with Gasteiger partial charge in [-0.05, 0) is 19.1 Å². The summed E-state index contributed by atoms with van der Waals surface area (Å²) in [5.41, 5.74) is 0.632. The third-order valence-corrected chi connectivity index (χ3v) is 4.48. The zero-order valence-corrected chi connectivity index (χ0v) is 11.7. The van der Waals surface area contributed by atoms with E-state index in [0.29, 0.717) is 17.1 Å². The minimum atomic E-state index is -0.0456. The Balaban J connectivity index is 1.99. The third-order valence-electron chi connectivity index (χ3n) is 3.33. The molecule has 1 aromatic carbocycles. The molecule has 5 heteroatoms. The quantitative estimate of drug-likeness (QED) is 0.846. The second-order valence-corrected chi connectivity index (χ2v) is 5.88. The topological polar surface area (TPSA) is 42.7 Å². The Kier molecular flexibility index (Phi) is 3.14. The Bertz CT molecular complexity index is 622. The van der Waals surface area contributed by atoms with Gasteiger partial charge in [-0.25, -0.2) is 0 Å². The van der Waals surface area contributed by atoms with Gasteiger partial charge >= 0.3 is 0 Å². The molecule has 1 saturated heterocycles. The predicted octanol–water partition coefficient (Wildman–Crippen LogP) is 2.98. The highest BCUT2D eigenvalue weighted by Crippen LogP contribution is 2.31. The molecule has 2 aromatic rings. The van der Waals surface area contributed by atoms with Gasteiger partial charge in [-0.1, -0.05) is 12.1 Å². The van der Waals surface area contributed by atoms with Gasteiger partial charge in [-0.2, -0.15) is 0 Å². The van der Waals surface area contributed by atoms with Crippen LogP contribution in [0.5, 0.6) is 5.75 Å². The maximum atomic E-state index is 12.4. The van der Waals surface area contributed by atoms with Crippen LogP contribution in [-0.2, 0) is 0 Å². The summed E-state index contributed by atoms with van der Waals surface area (Å²) in [5, 5.41) is 1.10. The highest BCUT2D eigenvalue weighted by Gasteiger charge is 2.28. The van der Waals surface area contributed by atoms with Crippen molar-refractivity contribution in [1.29, 1.82) is 0 Å². The van der Waals surface area contributed by atoms with Gasteiger partial charge in [-0.3, -0.25) is 4.79 Å². The van der Waals surface area contributed by atoms with Crippen LogP contribution in [0.25, 0.3) is 11.0 Å². The molecule has 3 rings (SSSR count). The number of para-hydroxylation sites is 1. The van der Waals surface area contributed by atoms with Gasteiger partial charge in [0.25, 0.3) is 5.91 Å². The van der Waals surface area contributed by atoms with Crippen LogP contribution in [0.4, 0.5) is 0 Å². The van der Waals surface area contributed by atoms with Crippen LogP contribution in [0.2, 0.25) is 0 Å². The number of fused-ring (bicyclic) bond motifs is 1. The van der Waals surface area contributed by atoms with Crippen molar-refractivity contribution in [3.05, 3.63) is 30.0 Å². The van der Waals surface area contributed by atoms with Crippen LogP contribution in [0.3, 0.4) is 0 Å². The van der Waals surface area contributed by atoms with Crippen LogP contribution in [0, 0.1) is 0 Å². The molecule has 4 nitrogen and oxygen atoms in total. The summed E-state index contributed by atoms with van der Waals surface area (Å²) in [5.74, 6) is 1.97. The van der Waals surface area contributed by atoms with E-state index >= 15 is 0 Å². The normalized spacial score (nSPS) is 19.1. The van der Waals surface area contributed by atoms with Crippen LogP contribution < -0.4 is 4.74 Å². The number of rotatable bonds is 2. The van der Waals surface area contributed by atoms with Crippen LogP contribution in [-0.4, -0.2) is 35.6 Å². The van der Waals surface area contributed by atoms with Crippen molar-refractivity contribution in [2.75, 3.05) is 19.4 Å². The first-order valence-electron chi connectivity index (χ1n) is 6.20. The van der Waals surface area contributed by atoms with Crippen LogP contribution >= 0.6 is 11.8 Å². The molecule has 1 aromatic heterocycles. The van der Waals surface area contributed by atoms with Crippen molar-refractivity contribution in [3.63, 3.8) is 0 Å². The lowest BCUT2D eigenvalue weighted by molar-refractivity contribution is 0.0739. The van der Waals surface area contributed by atoms with E-state index in [1.165, 1.54) is 0 Å². The largest absolute Gasteiger partial charge is 0.493 e. The number of carbonyl (C=O) groups is 1. The maximum Gasteiger partial charge on any atom is 0.290 e. The number of furan rings is 1. The summed E-state index contributed by atoms with van der Waals surface area (Å²) in [7, 11) is 1.60. The average Bonchev–Trinajstić information content (AvgIpc) is 3.03. The lowest BCUT2D eigenvalue weighted by Crippen LogP contribution is -2.32. The fourth-order valence-electron chi connectivity index (χ4n) is 2.30. The monoisotopic (exact) mass is 277 g/mol. The number of thioether (sulfide) groups is 1. The molecule has 1 fully saturated rings. The van der Waals surface area contributed by atoms with E-state index in [4.69, 9.17) is 9.15 Å². The second kappa shape index (κ2) is 4.81. The Hall–Kier alpha value is -1.62. The van der Waals surface area contributed by atoms with E-state index < -0.39 is 0 Å². The van der Waals surface area contributed by atoms with E-state index in [9.17, 15) is 4.79 Å². The fraction of sp³-hybridized carbons (Fsp3) is 0.357. The molecule has 0 saturated carbocycles. The molecule has 1 atom stereocenters. The summed E-state index contributed by atoms with van der Waals surface area (Å²) >= 11 is 1.78. The molecule has 1 unspecified atom stereocenters. The summed E-state index contributed by atoms with van der Waals surface area (Å²) in [4.78, 5) is 14.2. The standard InChI is InChI=1S/C14H15NO3S/c1-9-15(6-7-19-9)14(16)12-8-10-4-3-5-11(17-2)13(10)18-12/h3-5,8-9H,6-7H2,1-2H3. The summed E-state index contributed by atoms with van der Waals surface area (Å²) in [6, 6.07) is 7.42. The van der Waals surface area contributed by atoms with Gasteiger partial charge < -0.3 is 14.1 Å². The predicted molar refractivity (Wildman–Crippen MR) is 75.7 cm³/mol. The van der Waals surface area contributed by atoms with Crippen molar-refractivity contribution in [1.82, 2.24) is 4.90 Å². The number of ether oxygens (including phenoxy) is 1. The molecular formula is C14H15NO3S. The Labute approximate surface area is 115 Å². The molecule has 19 heavy (non-hydrogen) atoms. The van der Waals surface area contributed by atoms with Gasteiger partial charge in [0.2, 0.25) is 0 Å². The molecule has 100 valence electrons. The zero-order valence-electron chi connectivity index (χ0n) is 10.9. The first-order chi connectivity index (χ1) is 9.20. The molecule has 0 aliphatic carbocycles. The molecule has 1 amide bonds. The lowest BCUT2D eigenvalue weighted by Gasteiger charge is -2.18. The van der Waals surface area contributed by atoms with Crippen molar-refractivity contribution in [2.24, 2.45) is 0 Å². The van der Waals surface area contributed by atoms with Crippen LogP contribution in [0.1, 0.15) is 17.5 Å². The van der Waals surface area contributed by atoms with E-state index in [0.717, 1.165) is 17.7 Å². The van der Waals surface area contributed by atoms with E-state index in [1.54, 1.807) is 24.9 Å². The first kappa shape index (κ1) is 12.4. The number of hydrogen-bond donors (Lipinski definition) is 0. The number of methoxy groups -OCH3 is 1. The zero-order chi connectivity index (χ0) is 13.4. The summed E-state index contributed by atoms with van der Waals surface area (Å²) < 4.78 is 10.9. The minimum Gasteiger partial charge on any atom is -0.493 e. The van der Waals surface area contributed by atoms with E-state index in [2.05, 4.69) is 0 Å². The minimum absolute atomic E-state index is 0.0456. The first-order valence-corrected chi connectivity index (χ1v) is 7.24.